The first-order valence-electron chi connectivity index (χ1n) is 9.11. The quantitative estimate of drug-likeness (QED) is 0.780. The van der Waals surface area contributed by atoms with E-state index in [1.54, 1.807) is 0 Å². The van der Waals surface area contributed by atoms with Crippen molar-refractivity contribution >= 4 is 0 Å². The lowest BCUT2D eigenvalue weighted by Gasteiger charge is -2.43. The summed E-state index contributed by atoms with van der Waals surface area (Å²) in [5, 5.41) is 3.74. The Balaban J connectivity index is 1.91. The van der Waals surface area contributed by atoms with Gasteiger partial charge in [-0.15, -0.1) is 0 Å². The maximum atomic E-state index is 5.83. The molecule has 1 N–H and O–H groups in total. The fourth-order valence-corrected chi connectivity index (χ4v) is 4.20. The van der Waals surface area contributed by atoms with Crippen LogP contribution < -0.4 is 5.32 Å². The number of likely N-dealkylation sites (N-methyl/N-ethyl adjacent to an activating group) is 1. The lowest BCUT2D eigenvalue weighted by atomic mass is 9.69. The molecule has 0 aromatic carbocycles. The number of nitrogens with zero attached hydrogens (tertiary/aromatic N) is 1. The summed E-state index contributed by atoms with van der Waals surface area (Å²) in [6.07, 6.45) is 7.04. The molecule has 1 heterocycles. The van der Waals surface area contributed by atoms with Crippen LogP contribution in [0.3, 0.4) is 0 Å². The fraction of sp³-hybridized carbons (Fsp3) is 1.00. The van der Waals surface area contributed by atoms with E-state index < -0.39 is 0 Å². The van der Waals surface area contributed by atoms with Crippen molar-refractivity contribution in [2.24, 2.45) is 11.3 Å². The largest absolute Gasteiger partial charge is 0.377 e. The molecule has 1 saturated heterocycles. The highest BCUT2D eigenvalue weighted by Crippen LogP contribution is 2.39. The van der Waals surface area contributed by atoms with Gasteiger partial charge in [-0.25, -0.2) is 0 Å². The van der Waals surface area contributed by atoms with E-state index in [0.29, 0.717) is 17.6 Å². The Labute approximate surface area is 131 Å². The Morgan fingerprint density at radius 2 is 2.00 bits per heavy atom. The van der Waals surface area contributed by atoms with Crippen LogP contribution in [0.4, 0.5) is 0 Å². The number of hydrogen-bond acceptors (Lipinski definition) is 3. The van der Waals surface area contributed by atoms with Crippen LogP contribution in [-0.4, -0.2) is 49.8 Å². The molecule has 2 rings (SSSR count). The van der Waals surface area contributed by atoms with Gasteiger partial charge >= 0.3 is 0 Å². The average Bonchev–Trinajstić information content (AvgIpc) is 2.93. The molecule has 0 radical (unpaired) electrons. The van der Waals surface area contributed by atoms with Gasteiger partial charge in [0.05, 0.1) is 6.10 Å². The number of hydrogen-bond donors (Lipinski definition) is 1. The minimum Gasteiger partial charge on any atom is -0.377 e. The molecular weight excluding hydrogens is 260 g/mol. The van der Waals surface area contributed by atoms with E-state index >= 15 is 0 Å². The Morgan fingerprint density at radius 1 is 1.19 bits per heavy atom. The topological polar surface area (TPSA) is 24.5 Å². The van der Waals surface area contributed by atoms with Crippen LogP contribution in [0.2, 0.25) is 0 Å². The van der Waals surface area contributed by atoms with Crippen molar-refractivity contribution in [3.8, 4) is 0 Å². The molecule has 0 bridgehead atoms. The summed E-state index contributed by atoms with van der Waals surface area (Å²) in [6.45, 7) is 15.0. The molecule has 3 nitrogen and oxygen atoms in total. The molecule has 3 unspecified atom stereocenters. The number of ether oxygens (including phenoxy) is 1. The van der Waals surface area contributed by atoms with Crippen molar-refractivity contribution in [2.75, 3.05) is 32.8 Å². The summed E-state index contributed by atoms with van der Waals surface area (Å²) in [4.78, 5) is 2.63. The van der Waals surface area contributed by atoms with Gasteiger partial charge in [0.2, 0.25) is 0 Å². The van der Waals surface area contributed by atoms with Crippen LogP contribution >= 0.6 is 0 Å². The van der Waals surface area contributed by atoms with E-state index in [0.717, 1.165) is 32.2 Å². The average molecular weight is 296 g/mol. The molecule has 0 aromatic rings. The molecule has 1 aliphatic heterocycles. The second kappa shape index (κ2) is 7.94. The van der Waals surface area contributed by atoms with Crippen LogP contribution in [0.25, 0.3) is 0 Å². The molecular formula is C18H36N2O. The third kappa shape index (κ3) is 5.22. The second-order valence-corrected chi connectivity index (χ2v) is 7.82. The zero-order chi connectivity index (χ0) is 15.3. The fourth-order valence-electron chi connectivity index (χ4n) is 4.20. The Morgan fingerprint density at radius 3 is 2.62 bits per heavy atom. The highest BCUT2D eigenvalue weighted by molar-refractivity contribution is 4.90. The monoisotopic (exact) mass is 296 g/mol. The third-order valence-corrected chi connectivity index (χ3v) is 5.41. The molecule has 2 fully saturated rings. The van der Waals surface area contributed by atoms with Gasteiger partial charge in [0.1, 0.15) is 0 Å². The molecule has 124 valence electrons. The van der Waals surface area contributed by atoms with Crippen LogP contribution in [0, 0.1) is 11.3 Å². The normalized spacial score (nSPS) is 32.7. The highest BCUT2D eigenvalue weighted by atomic mass is 16.5. The van der Waals surface area contributed by atoms with Crippen molar-refractivity contribution in [1.29, 1.82) is 0 Å². The van der Waals surface area contributed by atoms with Crippen LogP contribution in [0.5, 0.6) is 0 Å². The molecule has 3 atom stereocenters. The predicted molar refractivity (Wildman–Crippen MR) is 89.7 cm³/mol. The van der Waals surface area contributed by atoms with E-state index in [2.05, 4.69) is 37.9 Å². The summed E-state index contributed by atoms with van der Waals surface area (Å²) < 4.78 is 5.83. The Hall–Kier alpha value is -0.120. The lowest BCUT2D eigenvalue weighted by molar-refractivity contribution is 0.0518. The molecule has 2 aliphatic rings. The smallest absolute Gasteiger partial charge is 0.0702 e. The summed E-state index contributed by atoms with van der Waals surface area (Å²) >= 11 is 0. The second-order valence-electron chi connectivity index (χ2n) is 7.82. The SMILES string of the molecule is CCNC1CCC(C)(C)CC1CN(CC)CC1CCCO1. The molecule has 21 heavy (non-hydrogen) atoms. The predicted octanol–water partition coefficient (Wildman–Crippen LogP) is 3.29. The maximum absolute atomic E-state index is 5.83. The zero-order valence-corrected chi connectivity index (χ0v) is 14.7. The molecule has 0 amide bonds. The van der Waals surface area contributed by atoms with Gasteiger partial charge in [-0.2, -0.15) is 0 Å². The van der Waals surface area contributed by atoms with Crippen molar-refractivity contribution in [3.05, 3.63) is 0 Å². The van der Waals surface area contributed by atoms with Crippen molar-refractivity contribution < 1.29 is 4.74 Å². The third-order valence-electron chi connectivity index (χ3n) is 5.41. The lowest BCUT2D eigenvalue weighted by Crippen LogP contribution is -2.48. The highest BCUT2D eigenvalue weighted by Gasteiger charge is 2.35. The van der Waals surface area contributed by atoms with Crippen LogP contribution in [0.1, 0.15) is 59.8 Å². The molecule has 0 aromatic heterocycles. The van der Waals surface area contributed by atoms with Gasteiger partial charge in [0.15, 0.2) is 0 Å². The first-order valence-corrected chi connectivity index (χ1v) is 9.11. The summed E-state index contributed by atoms with van der Waals surface area (Å²) in [7, 11) is 0. The van der Waals surface area contributed by atoms with Crippen molar-refractivity contribution in [1.82, 2.24) is 10.2 Å². The van der Waals surface area contributed by atoms with Gasteiger partial charge in [-0.05, 0) is 56.5 Å². The minimum atomic E-state index is 0.485. The number of nitrogens with one attached hydrogen (secondary N) is 1. The zero-order valence-electron chi connectivity index (χ0n) is 14.7. The van der Waals surface area contributed by atoms with E-state index in [-0.39, 0.29) is 0 Å². The van der Waals surface area contributed by atoms with Gasteiger partial charge in [0, 0.05) is 25.7 Å². The Kier molecular flexibility index (Phi) is 6.51. The van der Waals surface area contributed by atoms with Crippen LogP contribution in [-0.2, 0) is 4.74 Å². The van der Waals surface area contributed by atoms with E-state index in [9.17, 15) is 0 Å². The maximum Gasteiger partial charge on any atom is 0.0702 e. The van der Waals surface area contributed by atoms with E-state index in [1.807, 2.05) is 0 Å². The molecule has 3 heteroatoms. The van der Waals surface area contributed by atoms with Gasteiger partial charge in [-0.1, -0.05) is 27.7 Å². The minimum absolute atomic E-state index is 0.485. The summed E-state index contributed by atoms with van der Waals surface area (Å²) in [5.74, 6) is 0.787. The standard InChI is InChI=1S/C18H36N2O/c1-5-19-17-9-10-18(3,4)12-15(17)13-20(6-2)14-16-8-7-11-21-16/h15-17,19H,5-14H2,1-4H3. The van der Waals surface area contributed by atoms with E-state index in [4.69, 9.17) is 4.74 Å². The van der Waals surface area contributed by atoms with E-state index in [1.165, 1.54) is 38.6 Å². The Bertz CT molecular complexity index is 300. The molecule has 0 spiro atoms. The molecule has 1 aliphatic carbocycles. The van der Waals surface area contributed by atoms with Gasteiger partial charge in [-0.3, -0.25) is 0 Å². The van der Waals surface area contributed by atoms with Crippen LogP contribution in [0.15, 0.2) is 0 Å². The summed E-state index contributed by atoms with van der Waals surface area (Å²) in [5.41, 5.74) is 0.514. The van der Waals surface area contributed by atoms with Gasteiger partial charge in [0.25, 0.3) is 0 Å². The molecule has 1 saturated carbocycles. The number of rotatable bonds is 7. The first kappa shape index (κ1) is 17.2. The summed E-state index contributed by atoms with van der Waals surface area (Å²) in [6, 6.07) is 0.710. The van der Waals surface area contributed by atoms with Crippen molar-refractivity contribution in [2.45, 2.75) is 71.9 Å². The van der Waals surface area contributed by atoms with Crippen molar-refractivity contribution in [3.63, 3.8) is 0 Å². The van der Waals surface area contributed by atoms with Gasteiger partial charge < -0.3 is 15.0 Å². The first-order chi connectivity index (χ1) is 10.0.